The van der Waals surface area contributed by atoms with Gasteiger partial charge in [0.25, 0.3) is 16.4 Å². The molecule has 0 saturated carbocycles. The molecule has 0 unspecified atom stereocenters. The summed E-state index contributed by atoms with van der Waals surface area (Å²) >= 11 is 0.539. The molecule has 1 aromatic heterocycles. The summed E-state index contributed by atoms with van der Waals surface area (Å²) in [5.74, 6) is -0.468. The Labute approximate surface area is 117 Å². The summed E-state index contributed by atoms with van der Waals surface area (Å²) in [5, 5.41) is 17.7. The number of sulfonamides is 1. The third-order valence-corrected chi connectivity index (χ3v) is 4.99. The molecule has 0 aliphatic rings. The lowest BCUT2D eigenvalue weighted by Crippen LogP contribution is -2.37. The number of amides is 1. The zero-order valence-corrected chi connectivity index (χ0v) is 11.9. The van der Waals surface area contributed by atoms with E-state index in [4.69, 9.17) is 5.11 Å². The Morgan fingerprint density at radius 3 is 2.65 bits per heavy atom. The molecule has 0 radical (unpaired) electrons. The van der Waals surface area contributed by atoms with Gasteiger partial charge in [-0.15, -0.1) is 10.2 Å². The SMILES string of the molecule is CC(=O)Nc1nnc(S(=O)(=O)N(CCO)CC(F)F)s1. The number of anilines is 1. The number of aliphatic hydroxyl groups is 1. The first-order valence-electron chi connectivity index (χ1n) is 5.27. The molecule has 0 aliphatic heterocycles. The molecule has 1 amide bonds. The van der Waals surface area contributed by atoms with Gasteiger partial charge in [0.1, 0.15) is 0 Å². The Morgan fingerprint density at radius 1 is 1.50 bits per heavy atom. The number of aromatic nitrogens is 2. The van der Waals surface area contributed by atoms with Crippen LogP contribution in [0.3, 0.4) is 0 Å². The van der Waals surface area contributed by atoms with Crippen molar-refractivity contribution in [3.8, 4) is 0 Å². The quantitative estimate of drug-likeness (QED) is 0.666. The normalized spacial score (nSPS) is 12.1. The van der Waals surface area contributed by atoms with Crippen molar-refractivity contribution < 1.29 is 27.1 Å². The van der Waals surface area contributed by atoms with Gasteiger partial charge in [-0.2, -0.15) is 4.31 Å². The fourth-order valence-electron chi connectivity index (χ4n) is 1.20. The van der Waals surface area contributed by atoms with E-state index in [1.165, 1.54) is 6.92 Å². The summed E-state index contributed by atoms with van der Waals surface area (Å²) in [6.45, 7) is -0.951. The number of rotatable bonds is 7. The largest absolute Gasteiger partial charge is 0.395 e. The van der Waals surface area contributed by atoms with Crippen LogP contribution < -0.4 is 5.32 Å². The summed E-state index contributed by atoms with van der Waals surface area (Å²) in [4.78, 5) is 10.8. The maximum Gasteiger partial charge on any atom is 0.272 e. The summed E-state index contributed by atoms with van der Waals surface area (Å²) in [7, 11) is -4.29. The fraction of sp³-hybridized carbons (Fsp3) is 0.625. The zero-order chi connectivity index (χ0) is 15.3. The van der Waals surface area contributed by atoms with Crippen molar-refractivity contribution in [1.29, 1.82) is 0 Å². The molecule has 2 N–H and O–H groups in total. The van der Waals surface area contributed by atoms with E-state index in [0.717, 1.165) is 0 Å². The number of halogens is 2. The first-order chi connectivity index (χ1) is 9.27. The minimum absolute atomic E-state index is 0.0583. The summed E-state index contributed by atoms with van der Waals surface area (Å²) in [5.41, 5.74) is 0. The highest BCUT2D eigenvalue weighted by molar-refractivity contribution is 7.91. The van der Waals surface area contributed by atoms with Gasteiger partial charge in [0, 0.05) is 13.5 Å². The fourth-order valence-corrected chi connectivity index (χ4v) is 3.69. The molecule has 0 saturated heterocycles. The van der Waals surface area contributed by atoms with Crippen LogP contribution in [0.2, 0.25) is 0 Å². The number of aliphatic hydroxyl groups excluding tert-OH is 1. The predicted molar refractivity (Wildman–Crippen MR) is 66.1 cm³/mol. The van der Waals surface area contributed by atoms with Gasteiger partial charge in [-0.05, 0) is 0 Å². The van der Waals surface area contributed by atoms with Crippen LogP contribution in [0.4, 0.5) is 13.9 Å². The first kappa shape index (κ1) is 16.8. The minimum Gasteiger partial charge on any atom is -0.395 e. The Kier molecular flexibility index (Phi) is 5.86. The first-order valence-corrected chi connectivity index (χ1v) is 7.53. The summed E-state index contributed by atoms with van der Waals surface area (Å²) in [6.07, 6.45) is -2.89. The topological polar surface area (TPSA) is 112 Å². The highest BCUT2D eigenvalue weighted by atomic mass is 32.2. The molecule has 0 atom stereocenters. The van der Waals surface area contributed by atoms with E-state index in [9.17, 15) is 22.0 Å². The highest BCUT2D eigenvalue weighted by Crippen LogP contribution is 2.23. The second-order valence-electron chi connectivity index (χ2n) is 3.53. The van der Waals surface area contributed by atoms with Gasteiger partial charge in [0.2, 0.25) is 15.4 Å². The molecular weight excluding hydrogens is 318 g/mol. The van der Waals surface area contributed by atoms with Crippen molar-refractivity contribution >= 4 is 32.4 Å². The smallest absolute Gasteiger partial charge is 0.272 e. The van der Waals surface area contributed by atoms with Crippen LogP contribution in [0.1, 0.15) is 6.92 Å². The monoisotopic (exact) mass is 330 g/mol. The Morgan fingerprint density at radius 2 is 2.15 bits per heavy atom. The number of alkyl halides is 2. The second-order valence-corrected chi connectivity index (χ2v) is 6.62. The molecule has 1 heterocycles. The van der Waals surface area contributed by atoms with E-state index < -0.39 is 46.4 Å². The maximum atomic E-state index is 12.4. The van der Waals surface area contributed by atoms with Crippen LogP contribution in [0.15, 0.2) is 4.34 Å². The van der Waals surface area contributed by atoms with E-state index >= 15 is 0 Å². The molecule has 0 aliphatic carbocycles. The number of hydrogen-bond donors (Lipinski definition) is 2. The van der Waals surface area contributed by atoms with E-state index in [-0.39, 0.29) is 5.13 Å². The Hall–Kier alpha value is -1.24. The van der Waals surface area contributed by atoms with Crippen molar-refractivity contribution in [3.63, 3.8) is 0 Å². The standard InChI is InChI=1S/C8H12F2N4O4S2/c1-5(16)11-7-12-13-8(19-7)20(17,18)14(2-3-15)4-6(9)10/h6,15H,2-4H2,1H3,(H,11,12,16). The van der Waals surface area contributed by atoms with Gasteiger partial charge in [-0.3, -0.25) is 4.79 Å². The number of hydrogen-bond acceptors (Lipinski definition) is 7. The third kappa shape index (κ3) is 4.40. The summed E-state index contributed by atoms with van der Waals surface area (Å²) in [6, 6.07) is 0. The van der Waals surface area contributed by atoms with Gasteiger partial charge in [0.15, 0.2) is 0 Å². The molecule has 0 bridgehead atoms. The molecule has 8 nitrogen and oxygen atoms in total. The van der Waals surface area contributed by atoms with Gasteiger partial charge >= 0.3 is 0 Å². The number of carbonyl (C=O) groups excluding carboxylic acids is 1. The second kappa shape index (κ2) is 6.97. The molecule has 0 fully saturated rings. The van der Waals surface area contributed by atoms with Gasteiger partial charge in [-0.25, -0.2) is 17.2 Å². The zero-order valence-electron chi connectivity index (χ0n) is 10.3. The summed E-state index contributed by atoms with van der Waals surface area (Å²) < 4.78 is 48.7. The molecule has 12 heteroatoms. The average Bonchev–Trinajstić information content (AvgIpc) is 2.76. The van der Waals surface area contributed by atoms with Crippen molar-refractivity contribution in [3.05, 3.63) is 0 Å². The van der Waals surface area contributed by atoms with E-state index in [1.807, 2.05) is 0 Å². The molecule has 0 spiro atoms. The van der Waals surface area contributed by atoms with Crippen LogP contribution in [-0.4, -0.2) is 60.1 Å². The van der Waals surface area contributed by atoms with Crippen LogP contribution in [0.25, 0.3) is 0 Å². The third-order valence-electron chi connectivity index (χ3n) is 1.94. The Bertz CT molecular complexity index is 563. The molecule has 1 rings (SSSR count). The molecule has 0 aromatic carbocycles. The number of carbonyl (C=O) groups is 1. The van der Waals surface area contributed by atoms with Crippen molar-refractivity contribution in [1.82, 2.24) is 14.5 Å². The maximum absolute atomic E-state index is 12.4. The predicted octanol–water partition coefficient (Wildman–Crippen LogP) is -0.255. The molecular formula is C8H12F2N4O4S2. The van der Waals surface area contributed by atoms with Crippen molar-refractivity contribution in [2.24, 2.45) is 0 Å². The molecule has 1 aromatic rings. The van der Waals surface area contributed by atoms with Crippen molar-refractivity contribution in [2.45, 2.75) is 17.7 Å². The lowest BCUT2D eigenvalue weighted by atomic mass is 10.6. The van der Waals surface area contributed by atoms with Gasteiger partial charge in [0.05, 0.1) is 13.2 Å². The van der Waals surface area contributed by atoms with Gasteiger partial charge in [-0.1, -0.05) is 11.3 Å². The van der Waals surface area contributed by atoms with Crippen molar-refractivity contribution in [2.75, 3.05) is 25.0 Å². The lowest BCUT2D eigenvalue weighted by molar-refractivity contribution is -0.114. The van der Waals surface area contributed by atoms with E-state index in [1.54, 1.807) is 0 Å². The van der Waals surface area contributed by atoms with Crippen LogP contribution in [0, 0.1) is 0 Å². The molecule has 114 valence electrons. The van der Waals surface area contributed by atoms with E-state index in [0.29, 0.717) is 15.6 Å². The van der Waals surface area contributed by atoms with Crippen LogP contribution >= 0.6 is 11.3 Å². The lowest BCUT2D eigenvalue weighted by Gasteiger charge is -2.18. The minimum atomic E-state index is -4.29. The van der Waals surface area contributed by atoms with Gasteiger partial charge < -0.3 is 10.4 Å². The Balaban J connectivity index is 3.00. The number of nitrogens with zero attached hydrogens (tertiary/aromatic N) is 3. The average molecular weight is 330 g/mol. The van der Waals surface area contributed by atoms with Crippen LogP contribution in [0.5, 0.6) is 0 Å². The highest BCUT2D eigenvalue weighted by Gasteiger charge is 2.30. The number of nitrogens with one attached hydrogen (secondary N) is 1. The molecule has 20 heavy (non-hydrogen) atoms. The van der Waals surface area contributed by atoms with Crippen LogP contribution in [-0.2, 0) is 14.8 Å². The van der Waals surface area contributed by atoms with E-state index in [2.05, 4.69) is 15.5 Å².